The largest absolute Gasteiger partial charge is 0.352 e. The number of nitrogens with zero attached hydrogens (tertiary/aromatic N) is 2. The average Bonchev–Trinajstić information content (AvgIpc) is 2.46. The highest BCUT2D eigenvalue weighted by atomic mass is 79.9. The fraction of sp³-hybridized carbons (Fsp3) is 0. The molecular formula is C14H6BrClFN3. The molecule has 0 saturated heterocycles. The van der Waals surface area contributed by atoms with Gasteiger partial charge in [-0.1, -0.05) is 11.6 Å². The van der Waals surface area contributed by atoms with E-state index in [2.05, 4.69) is 21.2 Å². The molecule has 0 atom stereocenters. The molecule has 0 spiro atoms. The molecule has 0 bridgehead atoms. The maximum atomic E-state index is 14.1. The van der Waals surface area contributed by atoms with Crippen molar-refractivity contribution in [3.8, 4) is 12.1 Å². The Labute approximate surface area is 128 Å². The first-order valence-electron chi connectivity index (χ1n) is 5.41. The van der Waals surface area contributed by atoms with Crippen molar-refractivity contribution in [2.75, 3.05) is 5.32 Å². The van der Waals surface area contributed by atoms with Gasteiger partial charge in [-0.25, -0.2) is 4.39 Å². The van der Waals surface area contributed by atoms with E-state index in [9.17, 15) is 4.39 Å². The van der Waals surface area contributed by atoms with E-state index < -0.39 is 5.82 Å². The highest BCUT2D eigenvalue weighted by Crippen LogP contribution is 2.31. The Bertz CT molecular complexity index is 762. The van der Waals surface area contributed by atoms with Crippen molar-refractivity contribution < 1.29 is 4.39 Å². The first kappa shape index (κ1) is 14.3. The normalized spacial score (nSPS) is 9.65. The minimum atomic E-state index is -0.595. The molecule has 2 aromatic rings. The molecule has 0 aliphatic rings. The van der Waals surface area contributed by atoms with Crippen LogP contribution >= 0.6 is 27.5 Å². The van der Waals surface area contributed by atoms with Gasteiger partial charge in [0.05, 0.1) is 38.1 Å². The van der Waals surface area contributed by atoms with Crippen LogP contribution in [0.3, 0.4) is 0 Å². The third-order valence-electron chi connectivity index (χ3n) is 2.57. The Morgan fingerprint density at radius 3 is 2.50 bits per heavy atom. The molecule has 0 saturated carbocycles. The summed E-state index contributed by atoms with van der Waals surface area (Å²) in [5.74, 6) is -0.595. The van der Waals surface area contributed by atoms with E-state index in [4.69, 9.17) is 22.1 Å². The van der Waals surface area contributed by atoms with Gasteiger partial charge in [0.2, 0.25) is 0 Å². The Morgan fingerprint density at radius 2 is 1.85 bits per heavy atom. The number of hydrogen-bond acceptors (Lipinski definition) is 3. The standard InChI is InChI=1S/C14H6BrClFN3/c15-13-9(7-19)2-4-11(14(13)17)20-12-5-8(6-18)1-3-10(12)16/h1-5,20H. The van der Waals surface area contributed by atoms with Crippen LogP contribution in [0.15, 0.2) is 34.8 Å². The number of anilines is 2. The summed E-state index contributed by atoms with van der Waals surface area (Å²) < 4.78 is 14.2. The van der Waals surface area contributed by atoms with Crippen LogP contribution in [0.2, 0.25) is 5.02 Å². The van der Waals surface area contributed by atoms with Crippen LogP contribution in [-0.4, -0.2) is 0 Å². The van der Waals surface area contributed by atoms with Gasteiger partial charge in [0.1, 0.15) is 6.07 Å². The molecule has 0 heterocycles. The van der Waals surface area contributed by atoms with E-state index in [1.165, 1.54) is 18.2 Å². The molecule has 1 N–H and O–H groups in total. The van der Waals surface area contributed by atoms with Crippen LogP contribution in [0.25, 0.3) is 0 Å². The molecule has 0 unspecified atom stereocenters. The molecule has 0 aromatic heterocycles. The van der Waals surface area contributed by atoms with Gasteiger partial charge in [-0.3, -0.25) is 0 Å². The molecule has 6 heteroatoms. The second kappa shape index (κ2) is 5.92. The lowest BCUT2D eigenvalue weighted by Crippen LogP contribution is -1.97. The summed E-state index contributed by atoms with van der Waals surface area (Å²) in [6.45, 7) is 0. The summed E-state index contributed by atoms with van der Waals surface area (Å²) in [5, 5.41) is 20.8. The predicted octanol–water partition coefficient (Wildman–Crippen LogP) is 4.73. The monoisotopic (exact) mass is 349 g/mol. The zero-order chi connectivity index (χ0) is 14.7. The molecule has 2 aromatic carbocycles. The number of hydrogen-bond donors (Lipinski definition) is 1. The zero-order valence-corrected chi connectivity index (χ0v) is 12.3. The number of benzene rings is 2. The lowest BCUT2D eigenvalue weighted by Gasteiger charge is -2.11. The summed E-state index contributed by atoms with van der Waals surface area (Å²) in [7, 11) is 0. The Hall–Kier alpha value is -2.08. The molecule has 98 valence electrons. The number of halogens is 3. The van der Waals surface area contributed by atoms with Crippen molar-refractivity contribution >= 4 is 38.9 Å². The Morgan fingerprint density at radius 1 is 1.10 bits per heavy atom. The van der Waals surface area contributed by atoms with Crippen LogP contribution in [-0.2, 0) is 0 Å². The van der Waals surface area contributed by atoms with Gasteiger partial charge in [0.15, 0.2) is 5.82 Å². The van der Waals surface area contributed by atoms with Gasteiger partial charge in [-0.05, 0) is 46.3 Å². The summed E-state index contributed by atoms with van der Waals surface area (Å²) in [4.78, 5) is 0. The predicted molar refractivity (Wildman–Crippen MR) is 78.3 cm³/mol. The van der Waals surface area contributed by atoms with Gasteiger partial charge in [-0.15, -0.1) is 0 Å². The fourth-order valence-electron chi connectivity index (χ4n) is 1.57. The molecule has 0 fully saturated rings. The van der Waals surface area contributed by atoms with Gasteiger partial charge >= 0.3 is 0 Å². The van der Waals surface area contributed by atoms with Crippen LogP contribution in [0.4, 0.5) is 15.8 Å². The first-order chi connectivity index (χ1) is 9.56. The smallest absolute Gasteiger partial charge is 0.162 e. The van der Waals surface area contributed by atoms with Crippen LogP contribution in [0, 0.1) is 28.5 Å². The summed E-state index contributed by atoms with van der Waals surface area (Å²) in [5.41, 5.74) is 1.18. The molecule has 0 aliphatic carbocycles. The minimum Gasteiger partial charge on any atom is -0.352 e. The minimum absolute atomic E-state index is 0.0811. The highest BCUT2D eigenvalue weighted by molar-refractivity contribution is 9.10. The molecular weight excluding hydrogens is 345 g/mol. The van der Waals surface area contributed by atoms with Crippen molar-refractivity contribution in [2.24, 2.45) is 0 Å². The van der Waals surface area contributed by atoms with Crippen LogP contribution in [0.5, 0.6) is 0 Å². The lowest BCUT2D eigenvalue weighted by molar-refractivity contribution is 0.624. The summed E-state index contributed by atoms with van der Waals surface area (Å²) in [6, 6.07) is 11.4. The van der Waals surface area contributed by atoms with Crippen LogP contribution in [0.1, 0.15) is 11.1 Å². The van der Waals surface area contributed by atoms with E-state index in [0.29, 0.717) is 16.3 Å². The van der Waals surface area contributed by atoms with Crippen molar-refractivity contribution in [1.82, 2.24) is 0 Å². The van der Waals surface area contributed by atoms with Gasteiger partial charge in [0, 0.05) is 0 Å². The second-order valence-electron chi connectivity index (χ2n) is 3.83. The van der Waals surface area contributed by atoms with Gasteiger partial charge < -0.3 is 5.32 Å². The number of nitriles is 2. The zero-order valence-electron chi connectivity index (χ0n) is 9.92. The van der Waals surface area contributed by atoms with Crippen molar-refractivity contribution in [3.05, 3.63) is 56.8 Å². The average molecular weight is 351 g/mol. The van der Waals surface area contributed by atoms with E-state index in [-0.39, 0.29) is 15.7 Å². The lowest BCUT2D eigenvalue weighted by atomic mass is 10.2. The van der Waals surface area contributed by atoms with Crippen molar-refractivity contribution in [2.45, 2.75) is 0 Å². The topological polar surface area (TPSA) is 59.6 Å². The SMILES string of the molecule is N#Cc1ccc(Cl)c(Nc2ccc(C#N)c(Br)c2F)c1. The molecule has 0 amide bonds. The van der Waals surface area contributed by atoms with Crippen molar-refractivity contribution in [3.63, 3.8) is 0 Å². The van der Waals surface area contributed by atoms with E-state index in [1.807, 2.05) is 12.1 Å². The molecule has 0 aliphatic heterocycles. The molecule has 20 heavy (non-hydrogen) atoms. The first-order valence-corrected chi connectivity index (χ1v) is 6.58. The molecule has 3 nitrogen and oxygen atoms in total. The summed E-state index contributed by atoms with van der Waals surface area (Å²) in [6.07, 6.45) is 0. The number of nitrogens with one attached hydrogen (secondary N) is 1. The third kappa shape index (κ3) is 2.75. The third-order valence-corrected chi connectivity index (χ3v) is 3.67. The van der Waals surface area contributed by atoms with Gasteiger partial charge in [0.25, 0.3) is 0 Å². The fourth-order valence-corrected chi connectivity index (χ4v) is 2.17. The second-order valence-corrected chi connectivity index (χ2v) is 5.03. The van der Waals surface area contributed by atoms with E-state index in [0.717, 1.165) is 0 Å². The maximum Gasteiger partial charge on any atom is 0.162 e. The van der Waals surface area contributed by atoms with Crippen molar-refractivity contribution in [1.29, 1.82) is 10.5 Å². The number of rotatable bonds is 2. The van der Waals surface area contributed by atoms with Crippen LogP contribution < -0.4 is 5.32 Å². The summed E-state index contributed by atoms with van der Waals surface area (Å²) >= 11 is 9.02. The maximum absolute atomic E-state index is 14.1. The van der Waals surface area contributed by atoms with E-state index >= 15 is 0 Å². The Balaban J connectivity index is 2.44. The molecule has 2 rings (SSSR count). The highest BCUT2D eigenvalue weighted by Gasteiger charge is 2.12. The Kier molecular flexibility index (Phi) is 4.24. The van der Waals surface area contributed by atoms with Gasteiger partial charge in [-0.2, -0.15) is 10.5 Å². The molecule has 0 radical (unpaired) electrons. The quantitative estimate of drug-likeness (QED) is 0.852. The van der Waals surface area contributed by atoms with E-state index in [1.54, 1.807) is 12.1 Å².